The van der Waals surface area contributed by atoms with Crippen LogP contribution in [0.15, 0.2) is 0 Å². The van der Waals surface area contributed by atoms with E-state index in [-0.39, 0.29) is 0 Å². The summed E-state index contributed by atoms with van der Waals surface area (Å²) >= 11 is 2.17. The Kier molecular flexibility index (Phi) is 7.61. The van der Waals surface area contributed by atoms with Crippen LogP contribution in [-0.4, -0.2) is 24.1 Å². The fourth-order valence-electron chi connectivity index (χ4n) is 1.96. The first-order valence-corrected chi connectivity index (χ1v) is 7.30. The van der Waals surface area contributed by atoms with E-state index >= 15 is 0 Å². The van der Waals surface area contributed by atoms with Crippen LogP contribution in [0.5, 0.6) is 0 Å². The number of unbranched alkanes of at least 4 members (excludes halogenated alkanes) is 5. The molecule has 1 unspecified atom stereocenters. The van der Waals surface area contributed by atoms with Crippen LogP contribution in [0.25, 0.3) is 0 Å². The minimum absolute atomic E-state index is 0.912. The minimum atomic E-state index is 0.912. The summed E-state index contributed by atoms with van der Waals surface area (Å²) in [7, 11) is 0. The van der Waals surface area contributed by atoms with Gasteiger partial charge in [0.15, 0.2) is 0 Å². The van der Waals surface area contributed by atoms with E-state index in [1.807, 2.05) is 0 Å². The van der Waals surface area contributed by atoms with Gasteiger partial charge in [0.2, 0.25) is 0 Å². The third-order valence-corrected chi connectivity index (χ3v) is 4.20. The number of rotatable bonds is 7. The van der Waals surface area contributed by atoms with E-state index in [4.69, 9.17) is 0 Å². The number of hydrogen-bond acceptors (Lipinski definition) is 2. The van der Waals surface area contributed by atoms with Gasteiger partial charge in [-0.25, -0.2) is 0 Å². The van der Waals surface area contributed by atoms with Crippen LogP contribution >= 0.6 is 11.8 Å². The predicted octanol–water partition coefficient (Wildman–Crippen LogP) is 3.44. The summed E-state index contributed by atoms with van der Waals surface area (Å²) < 4.78 is 0. The SMILES string of the molecule is CCCCCCCCC1CNCCS1. The van der Waals surface area contributed by atoms with E-state index in [9.17, 15) is 0 Å². The maximum Gasteiger partial charge on any atom is 0.0172 e. The summed E-state index contributed by atoms with van der Waals surface area (Å²) in [5.74, 6) is 1.32. The molecule has 1 nitrogen and oxygen atoms in total. The van der Waals surface area contributed by atoms with Crippen molar-refractivity contribution in [3.8, 4) is 0 Å². The third kappa shape index (κ3) is 5.92. The zero-order valence-electron chi connectivity index (χ0n) is 9.56. The molecule has 1 N–H and O–H groups in total. The first-order valence-electron chi connectivity index (χ1n) is 6.26. The molecular formula is C12H25NS. The quantitative estimate of drug-likeness (QED) is 0.653. The van der Waals surface area contributed by atoms with Gasteiger partial charge < -0.3 is 5.32 Å². The molecule has 14 heavy (non-hydrogen) atoms. The zero-order valence-corrected chi connectivity index (χ0v) is 10.4. The van der Waals surface area contributed by atoms with Gasteiger partial charge in [0.25, 0.3) is 0 Å². The van der Waals surface area contributed by atoms with Crippen LogP contribution in [0.4, 0.5) is 0 Å². The highest BCUT2D eigenvalue weighted by Crippen LogP contribution is 2.19. The first kappa shape index (κ1) is 12.4. The molecule has 0 aliphatic carbocycles. The smallest absolute Gasteiger partial charge is 0.0172 e. The molecule has 0 bridgehead atoms. The van der Waals surface area contributed by atoms with Gasteiger partial charge in [-0.05, 0) is 6.42 Å². The highest BCUT2D eigenvalue weighted by atomic mass is 32.2. The van der Waals surface area contributed by atoms with Crippen molar-refractivity contribution in [3.63, 3.8) is 0 Å². The molecule has 1 aliphatic heterocycles. The lowest BCUT2D eigenvalue weighted by Gasteiger charge is -2.22. The summed E-state index contributed by atoms with van der Waals surface area (Å²) in [4.78, 5) is 0. The Morgan fingerprint density at radius 1 is 1.14 bits per heavy atom. The number of nitrogens with one attached hydrogen (secondary N) is 1. The highest BCUT2D eigenvalue weighted by Gasteiger charge is 2.11. The zero-order chi connectivity index (χ0) is 10.1. The molecule has 0 saturated carbocycles. The standard InChI is InChI=1S/C12H25NS/c1-2-3-4-5-6-7-8-12-11-13-9-10-14-12/h12-13H,2-11H2,1H3. The molecule has 1 atom stereocenters. The number of hydrogen-bond donors (Lipinski definition) is 1. The molecule has 1 fully saturated rings. The molecule has 0 spiro atoms. The molecular weight excluding hydrogens is 190 g/mol. The fourth-order valence-corrected chi connectivity index (χ4v) is 3.12. The molecule has 84 valence electrons. The predicted molar refractivity (Wildman–Crippen MR) is 67.1 cm³/mol. The van der Waals surface area contributed by atoms with Crippen molar-refractivity contribution in [1.82, 2.24) is 5.32 Å². The van der Waals surface area contributed by atoms with E-state index in [0.29, 0.717) is 0 Å². The van der Waals surface area contributed by atoms with E-state index < -0.39 is 0 Å². The maximum absolute atomic E-state index is 3.48. The molecule has 0 aromatic rings. The molecule has 0 amide bonds. The second-order valence-corrected chi connectivity index (χ2v) is 5.66. The van der Waals surface area contributed by atoms with E-state index in [2.05, 4.69) is 24.0 Å². The van der Waals surface area contributed by atoms with E-state index in [1.165, 1.54) is 63.8 Å². The van der Waals surface area contributed by atoms with Crippen molar-refractivity contribution in [2.45, 2.75) is 57.1 Å². The Hall–Kier alpha value is 0.310. The Balaban J connectivity index is 1.82. The summed E-state index contributed by atoms with van der Waals surface area (Å²) in [6.45, 7) is 4.75. The second kappa shape index (κ2) is 8.60. The van der Waals surface area contributed by atoms with E-state index in [0.717, 1.165) is 5.25 Å². The third-order valence-electron chi connectivity index (χ3n) is 2.88. The molecule has 1 rings (SSSR count). The molecule has 1 aliphatic rings. The number of thioether (sulfide) groups is 1. The van der Waals surface area contributed by atoms with Gasteiger partial charge in [0.1, 0.15) is 0 Å². The van der Waals surface area contributed by atoms with Gasteiger partial charge in [0, 0.05) is 24.1 Å². The largest absolute Gasteiger partial charge is 0.315 e. The average Bonchev–Trinajstić information content (AvgIpc) is 2.25. The molecule has 0 aromatic heterocycles. The second-order valence-electron chi connectivity index (χ2n) is 4.25. The Bertz CT molecular complexity index is 121. The van der Waals surface area contributed by atoms with Crippen molar-refractivity contribution in [2.24, 2.45) is 0 Å². The lowest BCUT2D eigenvalue weighted by atomic mass is 10.1. The van der Waals surface area contributed by atoms with Crippen molar-refractivity contribution < 1.29 is 0 Å². The van der Waals surface area contributed by atoms with E-state index in [1.54, 1.807) is 0 Å². The summed E-state index contributed by atoms with van der Waals surface area (Å²) in [6.07, 6.45) is 10.0. The average molecular weight is 215 g/mol. The van der Waals surface area contributed by atoms with Crippen molar-refractivity contribution in [2.75, 3.05) is 18.8 Å². The Morgan fingerprint density at radius 3 is 2.64 bits per heavy atom. The monoisotopic (exact) mass is 215 g/mol. The lowest BCUT2D eigenvalue weighted by Crippen LogP contribution is -2.32. The minimum Gasteiger partial charge on any atom is -0.315 e. The van der Waals surface area contributed by atoms with Crippen molar-refractivity contribution in [1.29, 1.82) is 0 Å². The van der Waals surface area contributed by atoms with Gasteiger partial charge in [-0.1, -0.05) is 45.4 Å². The summed E-state index contributed by atoms with van der Waals surface area (Å²) in [6, 6.07) is 0. The molecule has 2 heteroatoms. The topological polar surface area (TPSA) is 12.0 Å². The van der Waals surface area contributed by atoms with Crippen LogP contribution < -0.4 is 5.32 Å². The van der Waals surface area contributed by atoms with Gasteiger partial charge in [-0.3, -0.25) is 0 Å². The van der Waals surface area contributed by atoms with Crippen molar-refractivity contribution in [3.05, 3.63) is 0 Å². The maximum atomic E-state index is 3.48. The first-order chi connectivity index (χ1) is 6.93. The van der Waals surface area contributed by atoms with Crippen LogP contribution in [0.3, 0.4) is 0 Å². The van der Waals surface area contributed by atoms with Gasteiger partial charge >= 0.3 is 0 Å². The Morgan fingerprint density at radius 2 is 1.93 bits per heavy atom. The van der Waals surface area contributed by atoms with Crippen LogP contribution in [-0.2, 0) is 0 Å². The van der Waals surface area contributed by atoms with Gasteiger partial charge in [-0.15, -0.1) is 0 Å². The fraction of sp³-hybridized carbons (Fsp3) is 1.00. The van der Waals surface area contributed by atoms with Crippen LogP contribution in [0.1, 0.15) is 51.9 Å². The molecule has 1 heterocycles. The van der Waals surface area contributed by atoms with Gasteiger partial charge in [0.05, 0.1) is 0 Å². The summed E-state index contributed by atoms with van der Waals surface area (Å²) in [5, 5.41) is 4.39. The molecule has 0 aromatic carbocycles. The van der Waals surface area contributed by atoms with Crippen molar-refractivity contribution >= 4 is 11.8 Å². The lowest BCUT2D eigenvalue weighted by molar-refractivity contribution is 0.561. The van der Waals surface area contributed by atoms with Gasteiger partial charge in [-0.2, -0.15) is 11.8 Å². The molecule has 1 saturated heterocycles. The summed E-state index contributed by atoms with van der Waals surface area (Å²) in [5.41, 5.74) is 0. The van der Waals surface area contributed by atoms with Crippen LogP contribution in [0, 0.1) is 0 Å². The van der Waals surface area contributed by atoms with Crippen LogP contribution in [0.2, 0.25) is 0 Å². The Labute approximate surface area is 93.4 Å². The highest BCUT2D eigenvalue weighted by molar-refractivity contribution is 8.00. The molecule has 0 radical (unpaired) electrons. The normalized spacial score (nSPS) is 22.5.